The van der Waals surface area contributed by atoms with Crippen LogP contribution in [0.3, 0.4) is 0 Å². The third-order valence-electron chi connectivity index (χ3n) is 2.52. The Morgan fingerprint density at radius 3 is 2.75 bits per heavy atom. The average Bonchev–Trinajstić information content (AvgIpc) is 2.62. The lowest BCUT2D eigenvalue weighted by Crippen LogP contribution is -2.44. The Kier molecular flexibility index (Phi) is 4.13. The topological polar surface area (TPSA) is 49.8 Å². The van der Waals surface area contributed by atoms with Crippen molar-refractivity contribution in [3.05, 3.63) is 0 Å². The molecule has 2 unspecified atom stereocenters. The van der Waals surface area contributed by atoms with Crippen LogP contribution in [0.2, 0.25) is 0 Å². The van der Waals surface area contributed by atoms with E-state index in [4.69, 9.17) is 9.84 Å². The molecule has 4 nitrogen and oxygen atoms in total. The predicted octanol–water partition coefficient (Wildman–Crippen LogP) is 1.72. The highest BCUT2D eigenvalue weighted by molar-refractivity contribution is 5.69. The normalized spacial score (nSPS) is 23.3. The third kappa shape index (κ3) is 3.33. The number of rotatable bonds is 2. The highest BCUT2D eigenvalue weighted by Crippen LogP contribution is 2.24. The molecule has 1 saturated heterocycles. The average molecular weight is 233 g/mol. The highest BCUT2D eigenvalue weighted by atomic mass is 19.1. The molecule has 2 atom stereocenters. The van der Waals surface area contributed by atoms with Gasteiger partial charge in [-0.15, -0.1) is 0 Å². The van der Waals surface area contributed by atoms with E-state index in [1.165, 1.54) is 4.90 Å². The van der Waals surface area contributed by atoms with Gasteiger partial charge in [0.05, 0.1) is 12.6 Å². The predicted molar refractivity (Wildman–Crippen MR) is 57.9 cm³/mol. The number of halogens is 1. The van der Waals surface area contributed by atoms with E-state index in [1.807, 2.05) is 0 Å². The summed E-state index contributed by atoms with van der Waals surface area (Å²) in [6.45, 7) is 5.27. The van der Waals surface area contributed by atoms with Crippen LogP contribution in [-0.4, -0.2) is 47.1 Å². The molecule has 0 aliphatic carbocycles. The molecule has 94 valence electrons. The molecule has 0 saturated carbocycles. The van der Waals surface area contributed by atoms with Crippen molar-refractivity contribution in [1.29, 1.82) is 0 Å². The molecular formula is C11H20FNO3. The summed E-state index contributed by atoms with van der Waals surface area (Å²) >= 11 is 0. The zero-order chi connectivity index (χ0) is 12.3. The molecule has 1 aliphatic heterocycles. The van der Waals surface area contributed by atoms with Gasteiger partial charge < -0.3 is 14.7 Å². The summed E-state index contributed by atoms with van der Waals surface area (Å²) in [5, 5.41) is 8.77. The Morgan fingerprint density at radius 1 is 1.62 bits per heavy atom. The second-order valence-corrected chi connectivity index (χ2v) is 5.08. The van der Waals surface area contributed by atoms with Crippen LogP contribution in [0.25, 0.3) is 0 Å². The molecule has 1 amide bonds. The molecule has 0 aromatic heterocycles. The fourth-order valence-electron chi connectivity index (χ4n) is 1.84. The molecule has 5 heteroatoms. The van der Waals surface area contributed by atoms with Crippen molar-refractivity contribution < 1.29 is 19.0 Å². The van der Waals surface area contributed by atoms with Gasteiger partial charge in [-0.25, -0.2) is 9.18 Å². The Balaban J connectivity index is 2.61. The van der Waals surface area contributed by atoms with Gasteiger partial charge in [0.2, 0.25) is 0 Å². The van der Waals surface area contributed by atoms with Gasteiger partial charge in [0.15, 0.2) is 0 Å². The molecular weight excluding hydrogens is 213 g/mol. The summed E-state index contributed by atoms with van der Waals surface area (Å²) in [4.78, 5) is 13.1. The molecule has 1 fully saturated rings. The molecule has 16 heavy (non-hydrogen) atoms. The van der Waals surface area contributed by atoms with Gasteiger partial charge in [0, 0.05) is 6.54 Å². The van der Waals surface area contributed by atoms with Gasteiger partial charge in [-0.1, -0.05) is 0 Å². The van der Waals surface area contributed by atoms with E-state index in [-0.39, 0.29) is 0 Å². The van der Waals surface area contributed by atoms with Crippen LogP contribution in [0.15, 0.2) is 0 Å². The molecule has 1 rings (SSSR count). The van der Waals surface area contributed by atoms with Crippen LogP contribution in [-0.2, 0) is 4.74 Å². The second kappa shape index (κ2) is 4.99. The number of nitrogens with zero attached hydrogens (tertiary/aromatic N) is 1. The quantitative estimate of drug-likeness (QED) is 0.790. The number of alkyl halides is 1. The molecule has 0 bridgehead atoms. The lowest BCUT2D eigenvalue weighted by atomic mass is 10.1. The van der Waals surface area contributed by atoms with Crippen molar-refractivity contribution in [2.24, 2.45) is 0 Å². The largest absolute Gasteiger partial charge is 0.444 e. The van der Waals surface area contributed by atoms with Crippen molar-refractivity contribution in [3.63, 3.8) is 0 Å². The van der Waals surface area contributed by atoms with E-state index in [0.29, 0.717) is 13.0 Å². The zero-order valence-electron chi connectivity index (χ0n) is 10.1. The maximum Gasteiger partial charge on any atom is 0.410 e. The third-order valence-corrected chi connectivity index (χ3v) is 2.52. The standard InChI is InChI=1S/C11H20FNO3/c1-11(2,3)16-10(15)13-6-4-5-9(13)8(12)7-14/h8-9,14H,4-7H2,1-3H3. The van der Waals surface area contributed by atoms with E-state index < -0.39 is 30.5 Å². The number of amides is 1. The van der Waals surface area contributed by atoms with Crippen LogP contribution in [0.5, 0.6) is 0 Å². The SMILES string of the molecule is CC(C)(C)OC(=O)N1CCCC1C(F)CO. The van der Waals surface area contributed by atoms with Crippen molar-refractivity contribution >= 4 is 6.09 Å². The smallest absolute Gasteiger partial charge is 0.410 e. The number of likely N-dealkylation sites (tertiary alicyclic amines) is 1. The maximum atomic E-state index is 13.4. The van der Waals surface area contributed by atoms with E-state index in [1.54, 1.807) is 20.8 Å². The zero-order valence-corrected chi connectivity index (χ0v) is 10.1. The summed E-state index contributed by atoms with van der Waals surface area (Å²) < 4.78 is 18.6. The minimum Gasteiger partial charge on any atom is -0.444 e. The molecule has 0 radical (unpaired) electrons. The summed E-state index contributed by atoms with van der Waals surface area (Å²) in [7, 11) is 0. The van der Waals surface area contributed by atoms with E-state index in [0.717, 1.165) is 6.42 Å². The number of carbonyl (C=O) groups excluding carboxylic acids is 1. The fraction of sp³-hybridized carbons (Fsp3) is 0.909. The number of ether oxygens (including phenoxy) is 1. The lowest BCUT2D eigenvalue weighted by molar-refractivity contribution is 0.0104. The van der Waals surface area contributed by atoms with E-state index in [9.17, 15) is 9.18 Å². The second-order valence-electron chi connectivity index (χ2n) is 5.08. The maximum absolute atomic E-state index is 13.4. The number of hydrogen-bond donors (Lipinski definition) is 1. The summed E-state index contributed by atoms with van der Waals surface area (Å²) in [6.07, 6.45) is -0.535. The Hall–Kier alpha value is -0.840. The highest BCUT2D eigenvalue weighted by Gasteiger charge is 2.36. The van der Waals surface area contributed by atoms with Gasteiger partial charge in [-0.3, -0.25) is 0 Å². The monoisotopic (exact) mass is 233 g/mol. The molecule has 0 aromatic carbocycles. The van der Waals surface area contributed by atoms with Crippen molar-refractivity contribution in [3.8, 4) is 0 Å². The fourth-order valence-corrected chi connectivity index (χ4v) is 1.84. The first kappa shape index (κ1) is 13.2. The molecule has 1 aliphatic rings. The summed E-state index contributed by atoms with van der Waals surface area (Å²) in [5.74, 6) is 0. The first-order chi connectivity index (χ1) is 7.35. The number of hydrogen-bond acceptors (Lipinski definition) is 3. The molecule has 0 spiro atoms. The van der Waals surface area contributed by atoms with Crippen LogP contribution in [0, 0.1) is 0 Å². The van der Waals surface area contributed by atoms with E-state index >= 15 is 0 Å². The number of aliphatic hydroxyl groups excluding tert-OH is 1. The Labute approximate surface area is 95.4 Å². The van der Waals surface area contributed by atoms with Crippen LogP contribution in [0.1, 0.15) is 33.6 Å². The molecule has 0 aromatic rings. The van der Waals surface area contributed by atoms with Gasteiger partial charge in [0.25, 0.3) is 0 Å². The van der Waals surface area contributed by atoms with Crippen molar-refractivity contribution in [2.45, 2.75) is 51.4 Å². The Morgan fingerprint density at radius 2 is 2.25 bits per heavy atom. The lowest BCUT2D eigenvalue weighted by Gasteiger charge is -2.29. The van der Waals surface area contributed by atoms with Gasteiger partial charge in [0.1, 0.15) is 11.8 Å². The van der Waals surface area contributed by atoms with Gasteiger partial charge >= 0.3 is 6.09 Å². The minimum absolute atomic E-state index is 0.494. The number of aliphatic hydroxyl groups is 1. The first-order valence-corrected chi connectivity index (χ1v) is 5.59. The number of carbonyl (C=O) groups is 1. The summed E-state index contributed by atoms with van der Waals surface area (Å²) in [6, 6.07) is -0.542. The first-order valence-electron chi connectivity index (χ1n) is 5.59. The van der Waals surface area contributed by atoms with Crippen LogP contribution < -0.4 is 0 Å². The van der Waals surface area contributed by atoms with Crippen molar-refractivity contribution in [1.82, 2.24) is 4.90 Å². The minimum atomic E-state index is -1.38. The molecule has 1 N–H and O–H groups in total. The van der Waals surface area contributed by atoms with Crippen molar-refractivity contribution in [2.75, 3.05) is 13.2 Å². The van der Waals surface area contributed by atoms with Crippen LogP contribution in [0.4, 0.5) is 9.18 Å². The molecule has 1 heterocycles. The van der Waals surface area contributed by atoms with Gasteiger partial charge in [-0.2, -0.15) is 0 Å². The van der Waals surface area contributed by atoms with Crippen LogP contribution >= 0.6 is 0 Å². The van der Waals surface area contributed by atoms with E-state index in [2.05, 4.69) is 0 Å². The van der Waals surface area contributed by atoms with Gasteiger partial charge in [-0.05, 0) is 33.6 Å². The summed E-state index contributed by atoms with van der Waals surface area (Å²) in [5.41, 5.74) is -0.574. The Bertz CT molecular complexity index is 252.